The number of esters is 1. The van der Waals surface area contributed by atoms with Gasteiger partial charge in [0.15, 0.2) is 11.5 Å². The number of alkyl halides is 2. The lowest BCUT2D eigenvalue weighted by Gasteiger charge is -2.62. The van der Waals surface area contributed by atoms with Gasteiger partial charge in [0.25, 0.3) is 0 Å². The summed E-state index contributed by atoms with van der Waals surface area (Å²) in [6, 6.07) is 0. The van der Waals surface area contributed by atoms with Gasteiger partial charge in [-0.25, -0.2) is 18.4 Å². The number of fused-ring (bicyclic) bond motifs is 5. The second kappa shape index (κ2) is 6.83. The number of ether oxygens (including phenoxy) is 1. The number of aliphatic carboxylic acids is 1. The van der Waals surface area contributed by atoms with Crippen LogP contribution < -0.4 is 0 Å². The number of carbonyl (C=O) groups excluding carboxylic acids is 2. The van der Waals surface area contributed by atoms with Gasteiger partial charge in [0, 0.05) is 28.7 Å². The van der Waals surface area contributed by atoms with E-state index in [0.717, 1.165) is 12.2 Å². The second-order valence-corrected chi connectivity index (χ2v) is 10.2. The number of allylic oxidation sites excluding steroid dienone is 4. The molecule has 0 aromatic carbocycles. The Morgan fingerprint density at radius 1 is 1.28 bits per heavy atom. The molecule has 0 amide bonds. The molecule has 3 fully saturated rings. The topological polar surface area (TPSA) is 101 Å². The van der Waals surface area contributed by atoms with Crippen molar-refractivity contribution < 1.29 is 38.1 Å². The lowest BCUT2D eigenvalue weighted by atomic mass is 9.44. The molecule has 32 heavy (non-hydrogen) atoms. The van der Waals surface area contributed by atoms with Gasteiger partial charge in [-0.2, -0.15) is 0 Å². The van der Waals surface area contributed by atoms with E-state index in [-0.39, 0.29) is 24.8 Å². The number of carbonyl (C=O) groups is 3. The van der Waals surface area contributed by atoms with Crippen molar-refractivity contribution in [3.8, 4) is 0 Å². The van der Waals surface area contributed by atoms with Crippen molar-refractivity contribution in [2.24, 2.45) is 28.6 Å². The van der Waals surface area contributed by atoms with Crippen molar-refractivity contribution in [3.05, 3.63) is 36.5 Å². The molecule has 3 saturated carbocycles. The summed E-state index contributed by atoms with van der Waals surface area (Å²) in [4.78, 5) is 36.6. The fraction of sp³-hybridized carbons (Fsp3) is 0.625. The predicted molar refractivity (Wildman–Crippen MR) is 110 cm³/mol. The Hall–Kier alpha value is -2.35. The summed E-state index contributed by atoms with van der Waals surface area (Å²) in [5.74, 6) is -5.18. The second-order valence-electron chi connectivity index (χ2n) is 10.2. The molecule has 0 saturated heterocycles. The van der Waals surface area contributed by atoms with Crippen molar-refractivity contribution >= 4 is 17.7 Å². The molecule has 0 radical (unpaired) electrons. The highest BCUT2D eigenvalue weighted by Crippen LogP contribution is 2.71. The lowest BCUT2D eigenvalue weighted by Crippen LogP contribution is -2.71. The normalized spacial score (nSPS) is 49.4. The van der Waals surface area contributed by atoms with E-state index in [0.29, 0.717) is 0 Å². The zero-order valence-corrected chi connectivity index (χ0v) is 18.3. The molecule has 6 nitrogen and oxygen atoms in total. The minimum Gasteiger partial charge on any atom is -0.478 e. The van der Waals surface area contributed by atoms with E-state index in [1.54, 1.807) is 13.8 Å². The summed E-state index contributed by atoms with van der Waals surface area (Å²) in [5, 5.41) is 21.5. The van der Waals surface area contributed by atoms with Crippen molar-refractivity contribution in [2.45, 2.75) is 63.6 Å². The first-order chi connectivity index (χ1) is 14.8. The molecule has 2 N–H and O–H groups in total. The molecule has 4 aliphatic carbocycles. The Balaban J connectivity index is 1.88. The average Bonchev–Trinajstić information content (AvgIpc) is 2.93. The first-order valence-corrected chi connectivity index (χ1v) is 10.8. The number of rotatable bonds is 3. The largest absolute Gasteiger partial charge is 0.478 e. The van der Waals surface area contributed by atoms with Crippen LogP contribution in [0.3, 0.4) is 0 Å². The molecule has 0 aromatic rings. The summed E-state index contributed by atoms with van der Waals surface area (Å²) in [5.41, 5.74) is -7.24. The SMILES string of the molecule is C=CC(=O)O[C@]1(C(=O)O)[C@H](C)CC2C3C[C@H](F)C4=CC(=O)C=CC4(C)[C@@]3(F)C(O)CC21C. The smallest absolute Gasteiger partial charge is 0.349 e. The van der Waals surface area contributed by atoms with E-state index in [1.165, 1.54) is 19.1 Å². The van der Waals surface area contributed by atoms with Gasteiger partial charge in [0.05, 0.1) is 6.10 Å². The van der Waals surface area contributed by atoms with Gasteiger partial charge in [0.1, 0.15) is 6.17 Å². The molecule has 0 aliphatic heterocycles. The van der Waals surface area contributed by atoms with Crippen LogP contribution in [0.25, 0.3) is 0 Å². The van der Waals surface area contributed by atoms with Gasteiger partial charge in [-0.15, -0.1) is 0 Å². The maximum Gasteiger partial charge on any atom is 0.349 e. The minimum atomic E-state index is -2.32. The summed E-state index contributed by atoms with van der Waals surface area (Å²) in [6.45, 7) is 8.01. The molecule has 8 heteroatoms. The summed E-state index contributed by atoms with van der Waals surface area (Å²) in [7, 11) is 0. The molecular weight excluding hydrogens is 422 g/mol. The van der Waals surface area contributed by atoms with Gasteiger partial charge in [-0.3, -0.25) is 4.79 Å². The number of halogens is 2. The Morgan fingerprint density at radius 2 is 1.94 bits per heavy atom. The average molecular weight is 450 g/mol. The highest BCUT2D eigenvalue weighted by molar-refractivity contribution is 6.01. The van der Waals surface area contributed by atoms with E-state index in [9.17, 15) is 24.6 Å². The monoisotopic (exact) mass is 450 g/mol. The highest BCUT2D eigenvalue weighted by atomic mass is 19.1. The third-order valence-corrected chi connectivity index (χ3v) is 8.91. The van der Waals surface area contributed by atoms with Gasteiger partial charge < -0.3 is 14.9 Å². The van der Waals surface area contributed by atoms with E-state index >= 15 is 8.78 Å². The van der Waals surface area contributed by atoms with Crippen molar-refractivity contribution in [1.82, 2.24) is 0 Å². The van der Waals surface area contributed by atoms with Gasteiger partial charge in [0.2, 0.25) is 5.60 Å². The van der Waals surface area contributed by atoms with E-state index < -0.39 is 69.9 Å². The Morgan fingerprint density at radius 3 is 2.53 bits per heavy atom. The van der Waals surface area contributed by atoms with Crippen LogP contribution >= 0.6 is 0 Å². The predicted octanol–water partition coefficient (Wildman–Crippen LogP) is 3.10. The van der Waals surface area contributed by atoms with Crippen LogP contribution in [0.15, 0.2) is 36.5 Å². The van der Waals surface area contributed by atoms with E-state index in [4.69, 9.17) is 4.74 Å². The molecule has 174 valence electrons. The van der Waals surface area contributed by atoms with E-state index in [1.807, 2.05) is 0 Å². The number of carboxylic acids is 1. The number of aliphatic hydroxyl groups is 1. The first kappa shape index (κ1) is 22.8. The van der Waals surface area contributed by atoms with Gasteiger partial charge in [-0.1, -0.05) is 26.5 Å². The Labute approximate surface area is 185 Å². The summed E-state index contributed by atoms with van der Waals surface area (Å²) in [6.07, 6.45) is 0.783. The Kier molecular flexibility index (Phi) is 4.87. The van der Waals surface area contributed by atoms with Crippen LogP contribution in [0, 0.1) is 28.6 Å². The molecule has 0 aromatic heterocycles. The number of aliphatic hydroxyl groups excluding tert-OH is 1. The molecule has 0 bridgehead atoms. The van der Waals surface area contributed by atoms with Crippen molar-refractivity contribution in [3.63, 3.8) is 0 Å². The van der Waals surface area contributed by atoms with Crippen molar-refractivity contribution in [2.75, 3.05) is 0 Å². The molecule has 0 heterocycles. The van der Waals surface area contributed by atoms with E-state index in [2.05, 4.69) is 6.58 Å². The molecule has 4 rings (SSSR count). The standard InChI is InChI=1S/C24H28F2O6/c1-5-19(29)32-24(20(30)31)12(2)8-14-15-10-17(25)16-9-13(27)6-7-21(16,3)23(15,26)18(28)11-22(14,24)4/h5-7,9,12,14-15,17-18,28H,1,8,10-11H2,2-4H3,(H,30,31)/t12-,14?,15?,17+,18?,21?,22?,23+,24+/m1/s1. The third kappa shape index (κ3) is 2.44. The van der Waals surface area contributed by atoms with Gasteiger partial charge in [-0.05, 0) is 49.8 Å². The third-order valence-electron chi connectivity index (χ3n) is 8.91. The van der Waals surface area contributed by atoms with Crippen LogP contribution in [0.4, 0.5) is 8.78 Å². The zero-order chi connectivity index (χ0) is 23.9. The first-order valence-electron chi connectivity index (χ1n) is 10.8. The van der Waals surface area contributed by atoms with Crippen LogP contribution in [-0.2, 0) is 19.1 Å². The van der Waals surface area contributed by atoms with Gasteiger partial charge >= 0.3 is 11.9 Å². The molecular formula is C24H28F2O6. The molecule has 4 aliphatic rings. The van der Waals surface area contributed by atoms with Crippen LogP contribution in [0.2, 0.25) is 0 Å². The molecule has 0 spiro atoms. The zero-order valence-electron chi connectivity index (χ0n) is 18.3. The van der Waals surface area contributed by atoms with Crippen LogP contribution in [-0.4, -0.2) is 51.5 Å². The highest BCUT2D eigenvalue weighted by Gasteiger charge is 2.78. The molecule has 9 atom stereocenters. The lowest BCUT2D eigenvalue weighted by molar-refractivity contribution is -0.235. The summed E-state index contributed by atoms with van der Waals surface area (Å²) < 4.78 is 37.9. The fourth-order valence-electron chi connectivity index (χ4n) is 7.44. The quantitative estimate of drug-likeness (QED) is 0.506. The van der Waals surface area contributed by atoms with Crippen LogP contribution in [0.1, 0.15) is 40.0 Å². The number of hydrogen-bond donors (Lipinski definition) is 2. The Bertz CT molecular complexity index is 974. The van der Waals surface area contributed by atoms with Crippen molar-refractivity contribution in [1.29, 1.82) is 0 Å². The number of carboxylic acid groups (broad SMARTS) is 1. The number of hydrogen-bond acceptors (Lipinski definition) is 5. The number of ketones is 1. The maximum atomic E-state index is 17.1. The minimum absolute atomic E-state index is 0.0000291. The summed E-state index contributed by atoms with van der Waals surface area (Å²) >= 11 is 0. The van der Waals surface area contributed by atoms with Crippen LogP contribution in [0.5, 0.6) is 0 Å². The maximum absolute atomic E-state index is 17.1. The molecule has 5 unspecified atom stereocenters. The fourth-order valence-corrected chi connectivity index (χ4v) is 7.44.